The van der Waals surface area contributed by atoms with Crippen molar-refractivity contribution in [3.05, 3.63) is 72.8 Å². The number of benzene rings is 2. The summed E-state index contributed by atoms with van der Waals surface area (Å²) in [5.74, 6) is 0. The minimum Gasteiger partial charge on any atom is -0.388 e. The van der Waals surface area contributed by atoms with Gasteiger partial charge >= 0.3 is 8.56 Å². The van der Waals surface area contributed by atoms with Crippen LogP contribution < -0.4 is 10.4 Å². The molecule has 0 aliphatic carbocycles. The van der Waals surface area contributed by atoms with Gasteiger partial charge in [-0.1, -0.05) is 98.8 Å². The molecular formula is C24H34O2Si. The Hall–Kier alpha value is -1.68. The van der Waals surface area contributed by atoms with Crippen molar-refractivity contribution in [2.75, 3.05) is 13.2 Å². The molecule has 0 unspecified atom stereocenters. The molecule has 2 aromatic carbocycles. The maximum absolute atomic E-state index is 6.65. The van der Waals surface area contributed by atoms with Crippen molar-refractivity contribution < 1.29 is 8.85 Å². The fraction of sp³-hybridized carbons (Fsp3) is 0.417. The van der Waals surface area contributed by atoms with Gasteiger partial charge in [-0.25, -0.2) is 0 Å². The van der Waals surface area contributed by atoms with Crippen LogP contribution in [-0.2, 0) is 8.85 Å². The molecule has 0 heterocycles. The average Bonchev–Trinajstić information content (AvgIpc) is 2.70. The van der Waals surface area contributed by atoms with Crippen molar-refractivity contribution in [1.82, 2.24) is 0 Å². The van der Waals surface area contributed by atoms with Crippen LogP contribution in [0.25, 0.3) is 0 Å². The van der Waals surface area contributed by atoms with Crippen molar-refractivity contribution in [3.63, 3.8) is 0 Å². The van der Waals surface area contributed by atoms with Crippen LogP contribution in [0.1, 0.15) is 52.4 Å². The molecule has 0 aliphatic rings. The summed E-state index contributed by atoms with van der Waals surface area (Å²) in [4.78, 5) is 0. The van der Waals surface area contributed by atoms with Crippen molar-refractivity contribution in [1.29, 1.82) is 0 Å². The molecule has 0 aromatic heterocycles. The highest BCUT2D eigenvalue weighted by molar-refractivity contribution is 6.92. The Balaban J connectivity index is 2.24. The van der Waals surface area contributed by atoms with Gasteiger partial charge in [-0.2, -0.15) is 0 Å². The van der Waals surface area contributed by atoms with Crippen molar-refractivity contribution >= 4 is 18.9 Å². The van der Waals surface area contributed by atoms with E-state index in [0.29, 0.717) is 6.61 Å². The highest BCUT2D eigenvalue weighted by atomic mass is 28.4. The monoisotopic (exact) mass is 382 g/mol. The molecule has 0 saturated heterocycles. The summed E-state index contributed by atoms with van der Waals surface area (Å²) in [5.41, 5.74) is 1.14. The number of unbranched alkanes of at least 4 members (excludes halogenated alkanes) is 4. The standard InChI is InChI=1S/C24H34O2Si/c1-4-5-6-7-14-20-25-27(26-21-19-22(2)3,23-15-10-8-11-16-23)24-17-12-9-13-18-24/h8-13,15-18H,2,4-7,14,19-21H2,1,3H3. The first-order chi connectivity index (χ1) is 13.2. The van der Waals surface area contributed by atoms with Crippen LogP contribution in [-0.4, -0.2) is 21.8 Å². The fourth-order valence-electron chi connectivity index (χ4n) is 3.15. The van der Waals surface area contributed by atoms with Crippen molar-refractivity contribution in [2.45, 2.75) is 52.4 Å². The number of hydrogen-bond acceptors (Lipinski definition) is 2. The van der Waals surface area contributed by atoms with E-state index in [2.05, 4.69) is 62.0 Å². The third-order valence-corrected chi connectivity index (χ3v) is 8.10. The maximum Gasteiger partial charge on any atom is 0.407 e. The second-order valence-electron chi connectivity index (χ2n) is 7.17. The molecule has 146 valence electrons. The molecule has 2 nitrogen and oxygen atoms in total. The Labute approximate surface area is 166 Å². The zero-order chi connectivity index (χ0) is 19.4. The van der Waals surface area contributed by atoms with E-state index in [9.17, 15) is 0 Å². The Morgan fingerprint density at radius 2 is 1.30 bits per heavy atom. The molecule has 0 aliphatic heterocycles. The van der Waals surface area contributed by atoms with E-state index in [0.717, 1.165) is 25.0 Å². The minimum atomic E-state index is -2.72. The Bertz CT molecular complexity index is 615. The maximum atomic E-state index is 6.65. The third-order valence-electron chi connectivity index (χ3n) is 4.70. The molecule has 2 rings (SSSR count). The highest BCUT2D eigenvalue weighted by Crippen LogP contribution is 2.14. The lowest BCUT2D eigenvalue weighted by molar-refractivity contribution is 0.189. The average molecular weight is 383 g/mol. The second kappa shape index (κ2) is 11.9. The van der Waals surface area contributed by atoms with Gasteiger partial charge in [0, 0.05) is 13.2 Å². The van der Waals surface area contributed by atoms with Crippen LogP contribution in [0, 0.1) is 0 Å². The van der Waals surface area contributed by atoms with Gasteiger partial charge in [-0.05, 0) is 30.1 Å². The summed E-state index contributed by atoms with van der Waals surface area (Å²) in [6.45, 7) is 9.69. The predicted octanol–water partition coefficient (Wildman–Crippen LogP) is 5.21. The third kappa shape index (κ3) is 6.76. The molecule has 0 amide bonds. The van der Waals surface area contributed by atoms with E-state index in [1.54, 1.807) is 0 Å². The van der Waals surface area contributed by atoms with E-state index in [-0.39, 0.29) is 0 Å². The Morgan fingerprint density at radius 1 is 0.778 bits per heavy atom. The fourth-order valence-corrected chi connectivity index (χ4v) is 6.31. The quantitative estimate of drug-likeness (QED) is 0.269. The van der Waals surface area contributed by atoms with Crippen LogP contribution >= 0.6 is 0 Å². The smallest absolute Gasteiger partial charge is 0.388 e. The van der Waals surface area contributed by atoms with E-state index >= 15 is 0 Å². The summed E-state index contributed by atoms with van der Waals surface area (Å²) in [5, 5.41) is 2.35. The van der Waals surface area contributed by atoms with E-state index in [1.165, 1.54) is 36.1 Å². The summed E-state index contributed by atoms with van der Waals surface area (Å²) in [6, 6.07) is 21.0. The number of hydrogen-bond donors (Lipinski definition) is 0. The van der Waals surface area contributed by atoms with Crippen molar-refractivity contribution in [3.8, 4) is 0 Å². The Kier molecular flexibility index (Phi) is 9.53. The van der Waals surface area contributed by atoms with Gasteiger partial charge in [0.15, 0.2) is 0 Å². The van der Waals surface area contributed by atoms with Crippen LogP contribution in [0.15, 0.2) is 72.8 Å². The lowest BCUT2D eigenvalue weighted by atomic mass is 10.2. The van der Waals surface area contributed by atoms with E-state index in [4.69, 9.17) is 8.85 Å². The molecule has 2 aromatic rings. The molecule has 0 atom stereocenters. The lowest BCUT2D eigenvalue weighted by Crippen LogP contribution is -2.63. The Morgan fingerprint density at radius 3 is 1.81 bits per heavy atom. The first-order valence-electron chi connectivity index (χ1n) is 10.2. The summed E-state index contributed by atoms with van der Waals surface area (Å²) in [7, 11) is -2.72. The van der Waals surface area contributed by atoms with Crippen LogP contribution in [0.4, 0.5) is 0 Å². The molecule has 0 bridgehead atoms. The predicted molar refractivity (Wildman–Crippen MR) is 118 cm³/mol. The van der Waals surface area contributed by atoms with Crippen molar-refractivity contribution in [2.24, 2.45) is 0 Å². The van der Waals surface area contributed by atoms with Gasteiger partial charge in [-0.15, -0.1) is 6.58 Å². The van der Waals surface area contributed by atoms with Gasteiger partial charge in [0.2, 0.25) is 0 Å². The SMILES string of the molecule is C=C(C)CCO[Si](OCCCCCCC)(c1ccccc1)c1ccccc1. The second-order valence-corrected chi connectivity index (χ2v) is 10.1. The zero-order valence-corrected chi connectivity index (χ0v) is 18.0. The molecule has 0 fully saturated rings. The largest absolute Gasteiger partial charge is 0.407 e. The van der Waals surface area contributed by atoms with E-state index < -0.39 is 8.56 Å². The molecule has 27 heavy (non-hydrogen) atoms. The summed E-state index contributed by atoms with van der Waals surface area (Å²) in [6.07, 6.45) is 6.99. The zero-order valence-electron chi connectivity index (χ0n) is 17.0. The normalized spacial score (nSPS) is 11.5. The van der Waals surface area contributed by atoms with Gasteiger partial charge < -0.3 is 8.85 Å². The first kappa shape index (κ1) is 21.6. The topological polar surface area (TPSA) is 18.5 Å². The summed E-state index contributed by atoms with van der Waals surface area (Å²) < 4.78 is 13.2. The first-order valence-corrected chi connectivity index (χ1v) is 12.0. The van der Waals surface area contributed by atoms with Gasteiger partial charge in [0.05, 0.1) is 0 Å². The van der Waals surface area contributed by atoms with Crippen LogP contribution in [0.5, 0.6) is 0 Å². The van der Waals surface area contributed by atoms with Gasteiger partial charge in [0.25, 0.3) is 0 Å². The van der Waals surface area contributed by atoms with Crippen LogP contribution in [0.3, 0.4) is 0 Å². The molecule has 0 spiro atoms. The molecule has 0 radical (unpaired) electrons. The molecule has 0 N–H and O–H groups in total. The molecule has 0 saturated carbocycles. The van der Waals surface area contributed by atoms with Gasteiger partial charge in [0.1, 0.15) is 0 Å². The summed E-state index contributed by atoms with van der Waals surface area (Å²) >= 11 is 0. The highest BCUT2D eigenvalue weighted by Gasteiger charge is 2.42. The molecular weight excluding hydrogens is 348 g/mol. The van der Waals surface area contributed by atoms with Gasteiger partial charge in [-0.3, -0.25) is 0 Å². The van der Waals surface area contributed by atoms with Crippen LogP contribution in [0.2, 0.25) is 0 Å². The number of rotatable bonds is 13. The van der Waals surface area contributed by atoms with E-state index in [1.807, 2.05) is 19.1 Å². The molecule has 3 heteroatoms. The lowest BCUT2D eigenvalue weighted by Gasteiger charge is -2.31. The minimum absolute atomic E-state index is 0.640.